The van der Waals surface area contributed by atoms with E-state index in [4.69, 9.17) is 0 Å². The summed E-state index contributed by atoms with van der Waals surface area (Å²) in [6.45, 7) is 0. The first-order valence-electron chi connectivity index (χ1n) is 22.7. The van der Waals surface area contributed by atoms with Gasteiger partial charge in [0.25, 0.3) is 0 Å². The van der Waals surface area contributed by atoms with E-state index in [9.17, 15) is 8.42 Å². The van der Waals surface area contributed by atoms with E-state index in [0.29, 0.717) is 0 Å². The summed E-state index contributed by atoms with van der Waals surface area (Å²) in [5, 5.41) is 10.4. The lowest BCUT2D eigenvalue weighted by Gasteiger charge is -2.45. The highest BCUT2D eigenvalue weighted by Gasteiger charge is 2.50. The molecule has 0 aliphatic carbocycles. The summed E-state index contributed by atoms with van der Waals surface area (Å²) in [6, 6.07) is 93.5. The second kappa shape index (κ2) is 16.3. The van der Waals surface area contributed by atoms with Gasteiger partial charge in [-0.3, -0.25) is 0 Å². The molecule has 10 aromatic carbocycles. The van der Waals surface area contributed by atoms with Gasteiger partial charge in [0.15, 0.2) is 16.1 Å². The number of para-hydroxylation sites is 4. The lowest BCUT2D eigenvalue weighted by molar-refractivity contribution is 0.596. The SMILES string of the molecule is O=S(=O)(c1ccc(N2c3ccccc3[Si](c3ccccc3)(c3ccccc3)c3ccccc32)cc1)c1ccc(N2c3ccccc3[Si](c3ccccc3)(c3ccccc3)c3ccccc32)cc1. The summed E-state index contributed by atoms with van der Waals surface area (Å²) in [4.78, 5) is 5.09. The monoisotopic (exact) mass is 912 g/mol. The molecule has 4 nitrogen and oxygen atoms in total. The normalized spacial score (nSPS) is 14.3. The number of anilines is 6. The minimum Gasteiger partial charge on any atom is -0.311 e. The third kappa shape index (κ3) is 6.19. The molecule has 0 fully saturated rings. The largest absolute Gasteiger partial charge is 0.311 e. The Kier molecular flexibility index (Phi) is 9.87. The van der Waals surface area contributed by atoms with Gasteiger partial charge < -0.3 is 9.80 Å². The van der Waals surface area contributed by atoms with Crippen molar-refractivity contribution in [1.82, 2.24) is 0 Å². The Morgan fingerprint density at radius 1 is 0.254 bits per heavy atom. The Hall–Kier alpha value is -7.82. The molecule has 2 aliphatic heterocycles. The Bertz CT molecular complexity index is 3130. The van der Waals surface area contributed by atoms with Crippen LogP contribution in [0.4, 0.5) is 34.1 Å². The molecule has 12 rings (SSSR count). The summed E-state index contributed by atoms with van der Waals surface area (Å²) in [5.41, 5.74) is 6.18. The molecule has 67 heavy (non-hydrogen) atoms. The van der Waals surface area contributed by atoms with Gasteiger partial charge in [0.05, 0.1) is 9.79 Å². The Morgan fingerprint density at radius 3 is 0.731 bits per heavy atom. The van der Waals surface area contributed by atoms with Crippen LogP contribution in [0.2, 0.25) is 0 Å². The first-order chi connectivity index (χ1) is 33.0. The van der Waals surface area contributed by atoms with Gasteiger partial charge in [-0.2, -0.15) is 0 Å². The molecule has 0 spiro atoms. The maximum atomic E-state index is 14.6. The van der Waals surface area contributed by atoms with Gasteiger partial charge in [-0.15, -0.1) is 0 Å². The molecular formula is C60H44N2O2SSi2. The van der Waals surface area contributed by atoms with Crippen LogP contribution >= 0.6 is 0 Å². The molecule has 10 aromatic rings. The average Bonchev–Trinajstić information content (AvgIpc) is 3.40. The van der Waals surface area contributed by atoms with Crippen molar-refractivity contribution in [2.75, 3.05) is 9.80 Å². The van der Waals surface area contributed by atoms with E-state index in [1.165, 1.54) is 41.5 Å². The number of rotatable bonds is 8. The molecule has 2 aliphatic rings. The van der Waals surface area contributed by atoms with Gasteiger partial charge in [0.1, 0.15) is 0 Å². The van der Waals surface area contributed by atoms with E-state index in [2.05, 4.69) is 228 Å². The van der Waals surface area contributed by atoms with Crippen molar-refractivity contribution in [1.29, 1.82) is 0 Å². The first-order valence-corrected chi connectivity index (χ1v) is 28.2. The van der Waals surface area contributed by atoms with Crippen LogP contribution in [0.5, 0.6) is 0 Å². The highest BCUT2D eigenvalue weighted by molar-refractivity contribution is 7.91. The van der Waals surface area contributed by atoms with Gasteiger partial charge in [0.2, 0.25) is 9.84 Å². The Labute approximate surface area is 394 Å². The van der Waals surface area contributed by atoms with Crippen molar-refractivity contribution < 1.29 is 8.42 Å². The third-order valence-electron chi connectivity index (χ3n) is 13.8. The average molecular weight is 913 g/mol. The van der Waals surface area contributed by atoms with Gasteiger partial charge >= 0.3 is 0 Å². The zero-order valence-corrected chi connectivity index (χ0v) is 39.3. The zero-order valence-electron chi connectivity index (χ0n) is 36.5. The molecule has 0 radical (unpaired) electrons. The Balaban J connectivity index is 0.921. The molecule has 0 aromatic heterocycles. The number of fused-ring (bicyclic) bond motifs is 4. The maximum Gasteiger partial charge on any atom is 0.206 e. The third-order valence-corrected chi connectivity index (χ3v) is 25.3. The van der Waals surface area contributed by atoms with Crippen LogP contribution in [0.15, 0.2) is 277 Å². The van der Waals surface area contributed by atoms with Gasteiger partial charge in [-0.1, -0.05) is 194 Å². The second-order valence-corrected chi connectivity index (χ2v) is 26.6. The van der Waals surface area contributed by atoms with Crippen LogP contribution in [0.25, 0.3) is 0 Å². The summed E-state index contributed by atoms with van der Waals surface area (Å²) < 4.78 is 29.2. The predicted molar refractivity (Wildman–Crippen MR) is 282 cm³/mol. The number of benzene rings is 10. The molecule has 0 unspecified atom stereocenters. The fraction of sp³-hybridized carbons (Fsp3) is 0. The molecule has 2 heterocycles. The standard InChI is InChI=1S/C60H44N2O2SSi2/c63-65(64,47-41-37-45(38-42-47)61-53-29-13-17-33-57(53)66(49-21-5-1-6-22-49,50-23-7-2-8-24-50)58-34-18-14-30-54(58)61)48-43-39-46(40-44-48)62-55-31-15-19-35-59(55)67(51-25-9-3-10-26-51,52-27-11-4-12-28-52)60-36-20-16-32-56(60)62/h1-44H. The lowest BCUT2D eigenvalue weighted by atomic mass is 10.1. The minimum absolute atomic E-state index is 0.245. The molecule has 0 saturated carbocycles. The van der Waals surface area contributed by atoms with Gasteiger partial charge in [-0.05, 0) is 114 Å². The van der Waals surface area contributed by atoms with E-state index < -0.39 is 26.0 Å². The number of sulfone groups is 1. The van der Waals surface area contributed by atoms with E-state index in [-0.39, 0.29) is 9.79 Å². The van der Waals surface area contributed by atoms with Gasteiger partial charge in [-0.25, -0.2) is 8.42 Å². The van der Waals surface area contributed by atoms with Crippen molar-refractivity contribution in [2.45, 2.75) is 9.79 Å². The number of nitrogens with zero attached hydrogens (tertiary/aromatic N) is 2. The quantitative estimate of drug-likeness (QED) is 0.143. The van der Waals surface area contributed by atoms with Crippen LogP contribution < -0.4 is 51.3 Å². The number of hydrogen-bond donors (Lipinski definition) is 0. The van der Waals surface area contributed by atoms with E-state index in [1.807, 2.05) is 24.3 Å². The van der Waals surface area contributed by atoms with Crippen molar-refractivity contribution in [3.8, 4) is 0 Å². The number of hydrogen-bond acceptors (Lipinski definition) is 4. The highest BCUT2D eigenvalue weighted by Crippen LogP contribution is 2.41. The molecule has 0 atom stereocenters. The molecule has 0 bridgehead atoms. The second-order valence-electron chi connectivity index (χ2n) is 17.2. The van der Waals surface area contributed by atoms with E-state index >= 15 is 0 Å². The summed E-state index contributed by atoms with van der Waals surface area (Å²) in [7, 11) is -9.42. The topological polar surface area (TPSA) is 40.6 Å². The van der Waals surface area contributed by atoms with Crippen molar-refractivity contribution in [2.24, 2.45) is 0 Å². The van der Waals surface area contributed by atoms with Crippen LogP contribution in [-0.2, 0) is 9.84 Å². The molecule has 7 heteroatoms. The first kappa shape index (κ1) is 40.7. The summed E-state index contributed by atoms with van der Waals surface area (Å²) in [5.74, 6) is 0. The smallest absolute Gasteiger partial charge is 0.206 e. The molecule has 320 valence electrons. The van der Waals surface area contributed by atoms with Crippen molar-refractivity contribution >= 4 is 102 Å². The van der Waals surface area contributed by atoms with Crippen LogP contribution in [0, 0.1) is 0 Å². The lowest BCUT2D eigenvalue weighted by Crippen LogP contribution is -2.77. The molecule has 0 N–H and O–H groups in total. The van der Waals surface area contributed by atoms with Crippen LogP contribution in [-0.4, -0.2) is 24.6 Å². The fourth-order valence-electron chi connectivity index (χ4n) is 11.1. The highest BCUT2D eigenvalue weighted by atomic mass is 32.2. The fourth-order valence-corrected chi connectivity index (χ4v) is 22.5. The van der Waals surface area contributed by atoms with Crippen LogP contribution in [0.3, 0.4) is 0 Å². The minimum atomic E-state index is -3.88. The van der Waals surface area contributed by atoms with E-state index in [1.54, 1.807) is 24.3 Å². The predicted octanol–water partition coefficient (Wildman–Crippen LogP) is 8.84. The molecular weight excluding hydrogens is 869 g/mol. The van der Waals surface area contributed by atoms with E-state index in [0.717, 1.165) is 34.1 Å². The van der Waals surface area contributed by atoms with Gasteiger partial charge in [0, 0.05) is 34.1 Å². The van der Waals surface area contributed by atoms with Crippen LogP contribution in [0.1, 0.15) is 0 Å². The van der Waals surface area contributed by atoms with Crippen molar-refractivity contribution in [3.63, 3.8) is 0 Å². The Morgan fingerprint density at radius 2 is 0.478 bits per heavy atom. The molecule has 0 saturated heterocycles. The van der Waals surface area contributed by atoms with Crippen molar-refractivity contribution in [3.05, 3.63) is 267 Å². The summed E-state index contributed by atoms with van der Waals surface area (Å²) in [6.07, 6.45) is 0. The zero-order chi connectivity index (χ0) is 45.0. The molecule has 0 amide bonds. The maximum absolute atomic E-state index is 14.6. The summed E-state index contributed by atoms with van der Waals surface area (Å²) >= 11 is 0.